The summed E-state index contributed by atoms with van der Waals surface area (Å²) in [5.41, 5.74) is 1.50. The van der Waals surface area contributed by atoms with E-state index in [1.807, 2.05) is 42.5 Å². The van der Waals surface area contributed by atoms with E-state index >= 15 is 0 Å². The molecule has 7 nitrogen and oxygen atoms in total. The van der Waals surface area contributed by atoms with Crippen LogP contribution in [0.25, 0.3) is 0 Å². The SMILES string of the molecule is COc1cccc(NC(=O)[C@H](Cc2ccccc2)NC(=O)C2COc3ccccc3O2)c1. The Bertz CT molecular complexity index is 1090. The molecule has 2 N–H and O–H groups in total. The molecule has 0 bridgehead atoms. The van der Waals surface area contributed by atoms with Gasteiger partial charge in [0, 0.05) is 18.2 Å². The Labute approximate surface area is 186 Å². The molecule has 3 aromatic rings. The quantitative estimate of drug-likeness (QED) is 0.599. The molecule has 0 spiro atoms. The zero-order chi connectivity index (χ0) is 22.3. The molecule has 1 aliphatic heterocycles. The Morgan fingerprint density at radius 3 is 2.53 bits per heavy atom. The maximum Gasteiger partial charge on any atom is 0.265 e. The number of ether oxygens (including phenoxy) is 3. The standard InChI is InChI=1S/C25H24N2O5/c1-30-19-11-7-10-18(15-19)26-24(28)20(14-17-8-3-2-4-9-17)27-25(29)23-16-31-21-12-5-6-13-22(21)32-23/h2-13,15,20,23H,14,16H2,1H3,(H,26,28)(H,27,29)/t20-,23?/m0/s1. The van der Waals surface area contributed by atoms with Gasteiger partial charge in [0.1, 0.15) is 18.4 Å². The van der Waals surface area contributed by atoms with Gasteiger partial charge in [-0.25, -0.2) is 0 Å². The second-order valence-corrected chi connectivity index (χ2v) is 7.34. The van der Waals surface area contributed by atoms with Gasteiger partial charge in [0.2, 0.25) is 12.0 Å². The van der Waals surface area contributed by atoms with Gasteiger partial charge in [-0.3, -0.25) is 9.59 Å². The van der Waals surface area contributed by atoms with Crippen molar-refractivity contribution < 1.29 is 23.8 Å². The number of anilines is 1. The molecular formula is C25H24N2O5. The number of carbonyl (C=O) groups excluding carboxylic acids is 2. The van der Waals surface area contributed by atoms with Crippen LogP contribution in [0, 0.1) is 0 Å². The summed E-state index contributed by atoms with van der Waals surface area (Å²) in [7, 11) is 1.56. The molecule has 4 rings (SSSR count). The van der Waals surface area contributed by atoms with Crippen LogP contribution in [-0.2, 0) is 16.0 Å². The van der Waals surface area contributed by atoms with Crippen molar-refractivity contribution in [3.63, 3.8) is 0 Å². The van der Waals surface area contributed by atoms with Crippen molar-refractivity contribution in [3.05, 3.63) is 84.4 Å². The van der Waals surface area contributed by atoms with E-state index in [1.54, 1.807) is 43.5 Å². The first-order valence-corrected chi connectivity index (χ1v) is 10.3. The van der Waals surface area contributed by atoms with Crippen molar-refractivity contribution in [2.45, 2.75) is 18.6 Å². The van der Waals surface area contributed by atoms with E-state index in [0.29, 0.717) is 29.4 Å². The highest BCUT2D eigenvalue weighted by Gasteiger charge is 2.31. The first-order chi connectivity index (χ1) is 15.6. The minimum Gasteiger partial charge on any atom is -0.497 e. The fourth-order valence-electron chi connectivity index (χ4n) is 3.40. The molecule has 1 unspecified atom stereocenters. The largest absolute Gasteiger partial charge is 0.497 e. The molecule has 164 valence electrons. The fraction of sp³-hybridized carbons (Fsp3) is 0.200. The summed E-state index contributed by atoms with van der Waals surface area (Å²) in [5.74, 6) is 0.958. The highest BCUT2D eigenvalue weighted by Crippen LogP contribution is 2.31. The lowest BCUT2D eigenvalue weighted by Gasteiger charge is -2.27. The Hall–Kier alpha value is -4.00. The molecule has 7 heteroatoms. The van der Waals surface area contributed by atoms with E-state index in [0.717, 1.165) is 5.56 Å². The maximum atomic E-state index is 13.1. The Kier molecular flexibility index (Phi) is 6.55. The second kappa shape index (κ2) is 9.87. The fourth-order valence-corrected chi connectivity index (χ4v) is 3.40. The average molecular weight is 432 g/mol. The van der Waals surface area contributed by atoms with Crippen LogP contribution in [0.2, 0.25) is 0 Å². The molecule has 0 fully saturated rings. The van der Waals surface area contributed by atoms with Gasteiger partial charge < -0.3 is 24.8 Å². The minimum absolute atomic E-state index is 0.0679. The highest BCUT2D eigenvalue weighted by atomic mass is 16.6. The zero-order valence-electron chi connectivity index (χ0n) is 17.6. The summed E-state index contributed by atoms with van der Waals surface area (Å²) < 4.78 is 16.6. The van der Waals surface area contributed by atoms with E-state index in [9.17, 15) is 9.59 Å². The summed E-state index contributed by atoms with van der Waals surface area (Å²) in [5, 5.41) is 5.68. The van der Waals surface area contributed by atoms with Crippen molar-refractivity contribution in [1.29, 1.82) is 0 Å². The lowest BCUT2D eigenvalue weighted by molar-refractivity contribution is -0.133. The monoisotopic (exact) mass is 432 g/mol. The van der Waals surface area contributed by atoms with Gasteiger partial charge in [0.05, 0.1) is 7.11 Å². The van der Waals surface area contributed by atoms with E-state index < -0.39 is 18.1 Å². The van der Waals surface area contributed by atoms with Crippen molar-refractivity contribution >= 4 is 17.5 Å². The van der Waals surface area contributed by atoms with Gasteiger partial charge in [-0.2, -0.15) is 0 Å². The molecule has 0 saturated carbocycles. The molecule has 0 aliphatic carbocycles. The van der Waals surface area contributed by atoms with Gasteiger partial charge in [-0.05, 0) is 29.8 Å². The number of hydrogen-bond acceptors (Lipinski definition) is 5. The van der Waals surface area contributed by atoms with Crippen LogP contribution < -0.4 is 24.8 Å². The van der Waals surface area contributed by atoms with Gasteiger partial charge in [-0.1, -0.05) is 48.5 Å². The number of nitrogens with one attached hydrogen (secondary N) is 2. The zero-order valence-corrected chi connectivity index (χ0v) is 17.6. The predicted molar refractivity (Wildman–Crippen MR) is 120 cm³/mol. The summed E-state index contributed by atoms with van der Waals surface area (Å²) in [6.07, 6.45) is -0.528. The molecule has 0 aromatic heterocycles. The molecule has 1 aliphatic rings. The molecule has 3 aromatic carbocycles. The second-order valence-electron chi connectivity index (χ2n) is 7.34. The van der Waals surface area contributed by atoms with E-state index in [4.69, 9.17) is 14.2 Å². The molecule has 32 heavy (non-hydrogen) atoms. The molecular weight excluding hydrogens is 408 g/mol. The van der Waals surface area contributed by atoms with Crippen LogP contribution in [0.5, 0.6) is 17.2 Å². The minimum atomic E-state index is -0.854. The van der Waals surface area contributed by atoms with Crippen molar-refractivity contribution in [1.82, 2.24) is 5.32 Å². The van der Waals surface area contributed by atoms with Crippen LogP contribution in [-0.4, -0.2) is 37.7 Å². The number of methoxy groups -OCH3 is 1. The predicted octanol–water partition coefficient (Wildman–Crippen LogP) is 3.20. The normalized spacial score (nSPS) is 15.3. The number of para-hydroxylation sites is 2. The number of amides is 2. The van der Waals surface area contributed by atoms with Crippen LogP contribution in [0.4, 0.5) is 5.69 Å². The van der Waals surface area contributed by atoms with Crippen LogP contribution in [0.15, 0.2) is 78.9 Å². The molecule has 0 radical (unpaired) electrons. The van der Waals surface area contributed by atoms with E-state index in [2.05, 4.69) is 10.6 Å². The van der Waals surface area contributed by atoms with Crippen molar-refractivity contribution in [2.75, 3.05) is 19.0 Å². The number of carbonyl (C=O) groups is 2. The topological polar surface area (TPSA) is 85.9 Å². The van der Waals surface area contributed by atoms with Crippen molar-refractivity contribution in [2.24, 2.45) is 0 Å². The summed E-state index contributed by atoms with van der Waals surface area (Å²) in [4.78, 5) is 26.0. The number of benzene rings is 3. The van der Waals surface area contributed by atoms with Gasteiger partial charge in [0.25, 0.3) is 5.91 Å². The van der Waals surface area contributed by atoms with E-state index in [1.165, 1.54) is 0 Å². The smallest absolute Gasteiger partial charge is 0.265 e. The van der Waals surface area contributed by atoms with Crippen LogP contribution in [0.3, 0.4) is 0 Å². The maximum absolute atomic E-state index is 13.1. The Morgan fingerprint density at radius 1 is 1.00 bits per heavy atom. The molecule has 0 saturated heterocycles. The lowest BCUT2D eigenvalue weighted by atomic mass is 10.0. The number of rotatable bonds is 7. The third kappa shape index (κ3) is 5.18. The number of fused-ring (bicyclic) bond motifs is 1. The first kappa shape index (κ1) is 21.2. The first-order valence-electron chi connectivity index (χ1n) is 10.3. The Morgan fingerprint density at radius 2 is 1.75 bits per heavy atom. The summed E-state index contributed by atoms with van der Waals surface area (Å²) >= 11 is 0. The van der Waals surface area contributed by atoms with Gasteiger partial charge in [0.15, 0.2) is 11.5 Å². The van der Waals surface area contributed by atoms with Crippen LogP contribution in [0.1, 0.15) is 5.56 Å². The van der Waals surface area contributed by atoms with E-state index in [-0.39, 0.29) is 12.5 Å². The third-order valence-electron chi connectivity index (χ3n) is 5.05. The highest BCUT2D eigenvalue weighted by molar-refractivity contribution is 5.98. The summed E-state index contributed by atoms with van der Waals surface area (Å²) in [6, 6.07) is 22.9. The molecule has 2 amide bonds. The summed E-state index contributed by atoms with van der Waals surface area (Å²) in [6.45, 7) is 0.0679. The number of hydrogen-bond donors (Lipinski definition) is 2. The Balaban J connectivity index is 1.48. The van der Waals surface area contributed by atoms with Crippen LogP contribution >= 0.6 is 0 Å². The van der Waals surface area contributed by atoms with Gasteiger partial charge >= 0.3 is 0 Å². The average Bonchev–Trinajstić information content (AvgIpc) is 2.84. The van der Waals surface area contributed by atoms with Gasteiger partial charge in [-0.15, -0.1) is 0 Å². The lowest BCUT2D eigenvalue weighted by Crippen LogP contribution is -2.52. The van der Waals surface area contributed by atoms with Crippen molar-refractivity contribution in [3.8, 4) is 17.2 Å². The third-order valence-corrected chi connectivity index (χ3v) is 5.05. The molecule has 1 heterocycles. The molecule has 2 atom stereocenters.